The molecule has 2 saturated heterocycles. The van der Waals surface area contributed by atoms with Gasteiger partial charge in [0.05, 0.1) is 12.7 Å². The maximum Gasteiger partial charge on any atom is 0.337 e. The van der Waals surface area contributed by atoms with Crippen LogP contribution in [0.4, 0.5) is 0 Å². The van der Waals surface area contributed by atoms with Gasteiger partial charge in [0.15, 0.2) is 0 Å². The minimum atomic E-state index is -0.335. The number of likely N-dealkylation sites (tertiary alicyclic amines) is 2. The molecule has 4 rings (SSSR count). The molecule has 5 heteroatoms. The van der Waals surface area contributed by atoms with Gasteiger partial charge in [0.2, 0.25) is 5.91 Å². The van der Waals surface area contributed by atoms with Gasteiger partial charge in [0.25, 0.3) is 0 Å². The summed E-state index contributed by atoms with van der Waals surface area (Å²) in [7, 11) is 1.38. The Morgan fingerprint density at radius 2 is 1.62 bits per heavy atom. The van der Waals surface area contributed by atoms with Crippen molar-refractivity contribution in [3.63, 3.8) is 0 Å². The average Bonchev–Trinajstić information content (AvgIpc) is 3.02. The summed E-state index contributed by atoms with van der Waals surface area (Å²) in [4.78, 5) is 29.0. The van der Waals surface area contributed by atoms with E-state index < -0.39 is 0 Å². The number of amides is 1. The number of esters is 1. The first-order chi connectivity index (χ1) is 15.6. The number of ether oxygens (including phenoxy) is 1. The molecule has 0 saturated carbocycles. The van der Waals surface area contributed by atoms with Crippen molar-refractivity contribution >= 4 is 11.9 Å². The van der Waals surface area contributed by atoms with Gasteiger partial charge < -0.3 is 14.5 Å². The second-order valence-electron chi connectivity index (χ2n) is 9.15. The minimum absolute atomic E-state index is 0.239. The lowest BCUT2D eigenvalue weighted by atomic mass is 9.89. The summed E-state index contributed by atoms with van der Waals surface area (Å²) in [6, 6.07) is 18.7. The van der Waals surface area contributed by atoms with Crippen molar-refractivity contribution in [3.8, 4) is 0 Å². The smallest absolute Gasteiger partial charge is 0.337 e. The van der Waals surface area contributed by atoms with Crippen molar-refractivity contribution in [1.29, 1.82) is 0 Å². The van der Waals surface area contributed by atoms with Crippen LogP contribution in [0.2, 0.25) is 0 Å². The lowest BCUT2D eigenvalue weighted by molar-refractivity contribution is -0.131. The van der Waals surface area contributed by atoms with Crippen LogP contribution < -0.4 is 0 Å². The molecule has 0 bridgehead atoms. The van der Waals surface area contributed by atoms with E-state index in [1.165, 1.54) is 31.9 Å². The van der Waals surface area contributed by atoms with Crippen LogP contribution in [0.3, 0.4) is 0 Å². The van der Waals surface area contributed by atoms with Crippen molar-refractivity contribution in [1.82, 2.24) is 9.80 Å². The monoisotopic (exact) mass is 434 g/mol. The third kappa shape index (κ3) is 5.77. The highest BCUT2D eigenvalue weighted by atomic mass is 16.5. The zero-order valence-corrected chi connectivity index (χ0v) is 19.0. The highest BCUT2D eigenvalue weighted by molar-refractivity contribution is 5.89. The van der Waals surface area contributed by atoms with Gasteiger partial charge in [0.1, 0.15) is 0 Å². The Hall–Kier alpha value is -2.66. The third-order valence-electron chi connectivity index (χ3n) is 7.06. The van der Waals surface area contributed by atoms with Crippen LogP contribution in [0.25, 0.3) is 0 Å². The van der Waals surface area contributed by atoms with Gasteiger partial charge in [-0.25, -0.2) is 4.79 Å². The van der Waals surface area contributed by atoms with Crippen LogP contribution >= 0.6 is 0 Å². The predicted molar refractivity (Wildman–Crippen MR) is 125 cm³/mol. The van der Waals surface area contributed by atoms with Crippen LogP contribution in [-0.2, 0) is 22.5 Å². The maximum atomic E-state index is 12.8. The van der Waals surface area contributed by atoms with Gasteiger partial charge in [-0.15, -0.1) is 0 Å². The van der Waals surface area contributed by atoms with Crippen molar-refractivity contribution in [2.45, 2.75) is 51.1 Å². The molecule has 0 radical (unpaired) electrons. The zero-order valence-electron chi connectivity index (χ0n) is 19.0. The number of nitrogens with zero attached hydrogens (tertiary/aromatic N) is 2. The summed E-state index contributed by atoms with van der Waals surface area (Å²) in [5.41, 5.74) is 3.03. The Bertz CT molecular complexity index is 889. The Morgan fingerprint density at radius 3 is 2.31 bits per heavy atom. The first-order valence-corrected chi connectivity index (χ1v) is 11.9. The summed E-state index contributed by atoms with van der Waals surface area (Å²) in [5.74, 6) is 0.673. The fourth-order valence-corrected chi connectivity index (χ4v) is 5.11. The minimum Gasteiger partial charge on any atom is -0.465 e. The summed E-state index contributed by atoms with van der Waals surface area (Å²) in [6.45, 7) is 3.69. The summed E-state index contributed by atoms with van der Waals surface area (Å²) < 4.78 is 4.76. The fraction of sp³-hybridized carbons (Fsp3) is 0.481. The number of benzene rings is 2. The van der Waals surface area contributed by atoms with E-state index in [4.69, 9.17) is 4.74 Å². The van der Waals surface area contributed by atoms with Gasteiger partial charge >= 0.3 is 5.97 Å². The lowest BCUT2D eigenvalue weighted by Crippen LogP contribution is -2.42. The van der Waals surface area contributed by atoms with E-state index in [0.29, 0.717) is 24.6 Å². The van der Waals surface area contributed by atoms with Crippen LogP contribution in [0.1, 0.15) is 53.6 Å². The first kappa shape index (κ1) is 22.5. The summed E-state index contributed by atoms with van der Waals surface area (Å²) >= 11 is 0. The summed E-state index contributed by atoms with van der Waals surface area (Å²) in [6.07, 6.45) is 6.29. The Morgan fingerprint density at radius 1 is 0.906 bits per heavy atom. The molecule has 1 amide bonds. The molecule has 1 atom stereocenters. The molecule has 0 spiro atoms. The van der Waals surface area contributed by atoms with Gasteiger partial charge in [-0.3, -0.25) is 4.79 Å². The number of hydrogen-bond acceptors (Lipinski definition) is 4. The topological polar surface area (TPSA) is 49.9 Å². The number of carbonyl (C=O) groups is 2. The molecular weight excluding hydrogens is 400 g/mol. The quantitative estimate of drug-likeness (QED) is 0.636. The molecule has 2 aliphatic heterocycles. The van der Waals surface area contributed by atoms with Crippen LogP contribution in [-0.4, -0.2) is 54.5 Å². The molecule has 2 aromatic rings. The Labute approximate surface area is 191 Å². The van der Waals surface area contributed by atoms with E-state index in [0.717, 1.165) is 44.0 Å². The number of carbonyl (C=O) groups excluding carboxylic acids is 2. The average molecular weight is 435 g/mol. The Kier molecular flexibility index (Phi) is 7.59. The maximum absolute atomic E-state index is 12.8. The number of rotatable bonds is 6. The largest absolute Gasteiger partial charge is 0.465 e. The van der Waals surface area contributed by atoms with E-state index in [2.05, 4.69) is 35.2 Å². The van der Waals surface area contributed by atoms with Crippen molar-refractivity contribution in [2.75, 3.05) is 26.7 Å². The second kappa shape index (κ2) is 10.8. The second-order valence-corrected chi connectivity index (χ2v) is 9.15. The van der Waals surface area contributed by atoms with Crippen molar-refractivity contribution in [2.24, 2.45) is 5.92 Å². The van der Waals surface area contributed by atoms with Crippen LogP contribution in [0, 0.1) is 5.92 Å². The van der Waals surface area contributed by atoms with E-state index in [9.17, 15) is 9.59 Å². The van der Waals surface area contributed by atoms with E-state index >= 15 is 0 Å². The normalized spacial score (nSPS) is 20.7. The molecule has 0 aromatic heterocycles. The molecule has 2 heterocycles. The SMILES string of the molecule is COC(=O)c1ccc(CN2CCC(N3CCC(Cc4ccccc4)CC3)CCC2=O)cc1. The lowest BCUT2D eigenvalue weighted by Gasteiger charge is -2.37. The standard InChI is InChI=1S/C27H34N2O3/c1-32-27(31)24-9-7-23(8-10-24)20-29-18-15-25(11-12-26(29)30)28-16-13-22(14-17-28)19-21-5-3-2-4-6-21/h2-10,22,25H,11-20H2,1H3. The highest BCUT2D eigenvalue weighted by Crippen LogP contribution is 2.27. The number of hydrogen-bond donors (Lipinski definition) is 0. The van der Waals surface area contributed by atoms with Gasteiger partial charge in [0, 0.05) is 25.6 Å². The molecule has 170 valence electrons. The predicted octanol–water partition coefficient (Wildman–Crippen LogP) is 4.31. The molecule has 32 heavy (non-hydrogen) atoms. The van der Waals surface area contributed by atoms with Crippen LogP contribution in [0.5, 0.6) is 0 Å². The van der Waals surface area contributed by atoms with Crippen molar-refractivity contribution < 1.29 is 14.3 Å². The van der Waals surface area contributed by atoms with Crippen LogP contribution in [0.15, 0.2) is 54.6 Å². The number of piperidine rings is 1. The van der Waals surface area contributed by atoms with Gasteiger partial charge in [-0.2, -0.15) is 0 Å². The molecule has 2 aromatic carbocycles. The first-order valence-electron chi connectivity index (χ1n) is 11.9. The fourth-order valence-electron chi connectivity index (χ4n) is 5.11. The van der Waals surface area contributed by atoms with E-state index in [1.807, 2.05) is 17.0 Å². The Balaban J connectivity index is 1.27. The zero-order chi connectivity index (χ0) is 22.3. The van der Waals surface area contributed by atoms with Gasteiger partial charge in [-0.05, 0) is 74.4 Å². The highest BCUT2D eigenvalue weighted by Gasteiger charge is 2.29. The van der Waals surface area contributed by atoms with E-state index in [1.54, 1.807) is 12.1 Å². The molecule has 2 aliphatic rings. The third-order valence-corrected chi connectivity index (χ3v) is 7.06. The molecule has 2 fully saturated rings. The van der Waals surface area contributed by atoms with Gasteiger partial charge in [-0.1, -0.05) is 42.5 Å². The molecule has 0 aliphatic carbocycles. The molecule has 0 N–H and O–H groups in total. The molecule has 5 nitrogen and oxygen atoms in total. The molecular formula is C27H34N2O3. The number of methoxy groups -OCH3 is 1. The molecule has 1 unspecified atom stereocenters. The van der Waals surface area contributed by atoms with E-state index in [-0.39, 0.29) is 11.9 Å². The van der Waals surface area contributed by atoms with Crippen molar-refractivity contribution in [3.05, 3.63) is 71.3 Å². The summed E-state index contributed by atoms with van der Waals surface area (Å²) in [5, 5.41) is 0.